The number of likely N-dealkylation sites (tertiary alicyclic amines) is 2. The van der Waals surface area contributed by atoms with E-state index in [0.717, 1.165) is 92.7 Å². The molecule has 3 aliphatic heterocycles. The van der Waals surface area contributed by atoms with Crippen LogP contribution in [-0.2, 0) is 14.9 Å². The predicted octanol–water partition coefficient (Wildman–Crippen LogP) is 2.66. The van der Waals surface area contributed by atoms with Crippen LogP contribution in [0.15, 0.2) is 65.9 Å². The second-order valence-electron chi connectivity index (χ2n) is 15.9. The van der Waals surface area contributed by atoms with Crippen LogP contribution in [0.25, 0.3) is 11.1 Å². The lowest BCUT2D eigenvalue weighted by atomic mass is 9.57. The fraction of sp³-hybridized carbons (Fsp3) is 0.475. The number of rotatable bonds is 13. The standard InChI is InChI=1S/C40H49B2N11O3/c1-3-8-31-36-27(20-45-53(36)25-21-52(22-25)40(41,42)32-12-7-11-29(48-32)39(56)51-17-4-5-18-51)26-9-6-10-28(35(26)50(31)2)47-30(34(44)38(55)46-24-15-16-24)19-33(43)49-37(54)23-13-14-23/h6-7,9-12,19-20,23-25,31,47H,3-5,8,13-18,21-22,43-44H2,1-2H3,(H,46,55)(H,49,54)/b33-19+,34-30+. The van der Waals surface area contributed by atoms with Crippen molar-refractivity contribution >= 4 is 44.8 Å². The van der Waals surface area contributed by atoms with Crippen molar-refractivity contribution in [1.82, 2.24) is 35.2 Å². The molecule has 288 valence electrons. The number of nitrogens with two attached hydrogens (primary N) is 2. The molecule has 2 aromatic heterocycles. The van der Waals surface area contributed by atoms with E-state index < -0.39 is 11.2 Å². The summed E-state index contributed by atoms with van der Waals surface area (Å²) in [5.41, 5.74) is 18.6. The summed E-state index contributed by atoms with van der Waals surface area (Å²) in [7, 11) is 15.6. The van der Waals surface area contributed by atoms with E-state index in [1.807, 2.05) is 28.1 Å². The molecule has 1 atom stereocenters. The molecule has 3 aromatic rings. The minimum Gasteiger partial charge on any atom is -0.393 e. The van der Waals surface area contributed by atoms with Gasteiger partial charge in [-0.15, -0.1) is 0 Å². The number of carbonyl (C=O) groups excluding carboxylic acids is 3. The average molecular weight is 754 g/mol. The molecule has 4 radical (unpaired) electrons. The molecule has 1 aromatic carbocycles. The zero-order chi connectivity index (χ0) is 39.3. The highest BCUT2D eigenvalue weighted by Crippen LogP contribution is 2.50. The summed E-state index contributed by atoms with van der Waals surface area (Å²) in [6.07, 6.45) is 10.7. The number of benzene rings is 1. The van der Waals surface area contributed by atoms with Gasteiger partial charge in [0.05, 0.1) is 56.7 Å². The zero-order valence-electron chi connectivity index (χ0n) is 32.1. The lowest BCUT2D eigenvalue weighted by molar-refractivity contribution is -0.121. The second-order valence-corrected chi connectivity index (χ2v) is 15.9. The van der Waals surface area contributed by atoms with E-state index in [1.165, 1.54) is 6.08 Å². The van der Waals surface area contributed by atoms with Crippen LogP contribution in [0.2, 0.25) is 0 Å². The Kier molecular flexibility index (Phi) is 10.1. The van der Waals surface area contributed by atoms with Gasteiger partial charge in [0.15, 0.2) is 0 Å². The number of pyridine rings is 1. The Morgan fingerprint density at radius 1 is 1.00 bits per heavy atom. The molecule has 3 amide bonds. The van der Waals surface area contributed by atoms with Gasteiger partial charge in [-0.05, 0) is 68.5 Å². The van der Waals surface area contributed by atoms with Crippen molar-refractivity contribution in [3.63, 3.8) is 0 Å². The summed E-state index contributed by atoms with van der Waals surface area (Å²) in [6.45, 7) is 4.73. The van der Waals surface area contributed by atoms with E-state index >= 15 is 0 Å². The number of nitrogens with one attached hydrogen (secondary N) is 3. The summed E-state index contributed by atoms with van der Waals surface area (Å²) < 4.78 is 2.11. The number of carbonyl (C=O) groups is 3. The molecule has 5 aliphatic rings. The largest absolute Gasteiger partial charge is 0.393 e. The van der Waals surface area contributed by atoms with E-state index in [-0.39, 0.29) is 53.1 Å². The number of fused-ring (bicyclic) bond motifs is 3. The monoisotopic (exact) mass is 753 g/mol. The first-order valence-electron chi connectivity index (χ1n) is 19.8. The maximum absolute atomic E-state index is 13.2. The van der Waals surface area contributed by atoms with Gasteiger partial charge < -0.3 is 42.1 Å². The van der Waals surface area contributed by atoms with E-state index in [1.54, 1.807) is 18.2 Å². The van der Waals surface area contributed by atoms with Crippen molar-refractivity contribution in [3.05, 3.63) is 83.0 Å². The first-order valence-corrected chi connectivity index (χ1v) is 19.8. The number of para-hydroxylation sites is 1. The Morgan fingerprint density at radius 3 is 2.43 bits per heavy atom. The number of nitrogens with zero attached hydrogens (tertiary/aromatic N) is 6. The molecule has 8 rings (SSSR count). The number of hydrogen-bond acceptors (Lipinski definition) is 10. The summed E-state index contributed by atoms with van der Waals surface area (Å²) in [5.74, 6) is -0.575. The Morgan fingerprint density at radius 2 is 1.73 bits per heavy atom. The number of anilines is 2. The van der Waals surface area contributed by atoms with Crippen LogP contribution in [0.5, 0.6) is 0 Å². The third kappa shape index (κ3) is 7.26. The zero-order valence-corrected chi connectivity index (χ0v) is 32.1. The molecule has 4 fully saturated rings. The lowest BCUT2D eigenvalue weighted by Gasteiger charge is -2.50. The molecule has 16 heteroatoms. The fourth-order valence-electron chi connectivity index (χ4n) is 8.04. The third-order valence-electron chi connectivity index (χ3n) is 11.6. The Labute approximate surface area is 330 Å². The predicted molar refractivity (Wildman–Crippen MR) is 216 cm³/mol. The summed E-state index contributed by atoms with van der Waals surface area (Å²) in [6, 6.07) is 11.3. The van der Waals surface area contributed by atoms with Gasteiger partial charge in [-0.2, -0.15) is 5.10 Å². The van der Waals surface area contributed by atoms with Crippen molar-refractivity contribution < 1.29 is 14.4 Å². The third-order valence-corrected chi connectivity index (χ3v) is 11.6. The smallest absolute Gasteiger partial charge is 0.272 e. The van der Waals surface area contributed by atoms with Gasteiger partial charge in [-0.25, -0.2) is 4.98 Å². The van der Waals surface area contributed by atoms with Crippen LogP contribution < -0.4 is 32.3 Å². The van der Waals surface area contributed by atoms with Crippen LogP contribution in [0.1, 0.15) is 92.3 Å². The number of amides is 3. The van der Waals surface area contributed by atoms with Crippen molar-refractivity contribution in [3.8, 4) is 11.1 Å². The van der Waals surface area contributed by atoms with Gasteiger partial charge in [0.1, 0.15) is 17.2 Å². The van der Waals surface area contributed by atoms with E-state index in [0.29, 0.717) is 24.5 Å². The Bertz CT molecular complexity index is 2100. The van der Waals surface area contributed by atoms with Gasteiger partial charge in [0.2, 0.25) is 5.91 Å². The van der Waals surface area contributed by atoms with Gasteiger partial charge >= 0.3 is 0 Å². The average Bonchev–Trinajstić information content (AvgIpc) is 4.08. The topological polar surface area (TPSA) is 180 Å². The molecule has 56 heavy (non-hydrogen) atoms. The molecule has 2 saturated heterocycles. The maximum Gasteiger partial charge on any atom is 0.272 e. The summed E-state index contributed by atoms with van der Waals surface area (Å²) in [5, 5.41) is 12.7. The van der Waals surface area contributed by atoms with E-state index in [4.69, 9.17) is 32.3 Å². The first-order chi connectivity index (χ1) is 26.9. The minimum absolute atomic E-state index is 0.00790. The molecular formula is C40H49B2N11O3. The van der Waals surface area contributed by atoms with Gasteiger partial charge in [-0.1, -0.05) is 31.5 Å². The van der Waals surface area contributed by atoms with Crippen LogP contribution in [0.4, 0.5) is 11.4 Å². The molecule has 7 N–H and O–H groups in total. The molecule has 5 heterocycles. The highest BCUT2D eigenvalue weighted by Gasteiger charge is 2.43. The Hall–Kier alpha value is -5.24. The van der Waals surface area contributed by atoms with Crippen LogP contribution in [0, 0.1) is 5.92 Å². The fourth-order valence-corrected chi connectivity index (χ4v) is 8.04. The number of hydrogen-bond donors (Lipinski definition) is 5. The first kappa shape index (κ1) is 37.7. The normalized spacial score (nSPS) is 20.5. The highest BCUT2D eigenvalue weighted by atomic mass is 16.2. The Balaban J connectivity index is 1.06. The van der Waals surface area contributed by atoms with Crippen molar-refractivity contribution in [2.45, 2.75) is 81.8 Å². The van der Waals surface area contributed by atoms with E-state index in [9.17, 15) is 14.4 Å². The molecule has 14 nitrogen and oxygen atoms in total. The molecule has 1 unspecified atom stereocenters. The molecule has 0 bridgehead atoms. The van der Waals surface area contributed by atoms with Gasteiger partial charge in [-0.3, -0.25) is 19.1 Å². The van der Waals surface area contributed by atoms with Crippen LogP contribution >= 0.6 is 0 Å². The van der Waals surface area contributed by atoms with Crippen LogP contribution in [0.3, 0.4) is 0 Å². The highest BCUT2D eigenvalue weighted by molar-refractivity contribution is 6.39. The lowest BCUT2D eigenvalue weighted by Crippen LogP contribution is -2.60. The van der Waals surface area contributed by atoms with Crippen molar-refractivity contribution in [2.75, 3.05) is 43.4 Å². The molecule has 2 saturated carbocycles. The van der Waals surface area contributed by atoms with Crippen LogP contribution in [-0.4, -0.2) is 97.2 Å². The number of allylic oxidation sites excluding steroid dienone is 1. The quantitative estimate of drug-likeness (QED) is 0.0991. The molecular weight excluding hydrogens is 704 g/mol. The SMILES string of the molecule is [B]C([B])(c1cccc(C(=O)N2CCCC2)n1)N1CC(n2ncc3c2C(CCC)N(C)c2c(NC(/C=C(\N)NC(=O)C4CC4)=C(/N)C(=O)NC4CC4)cccc2-3)C1. The van der Waals surface area contributed by atoms with Gasteiger partial charge in [0, 0.05) is 68.1 Å². The summed E-state index contributed by atoms with van der Waals surface area (Å²) in [4.78, 5) is 49.5. The second kappa shape index (κ2) is 15.0. The molecule has 2 aliphatic carbocycles. The van der Waals surface area contributed by atoms with E-state index in [2.05, 4.69) is 50.6 Å². The van der Waals surface area contributed by atoms with Crippen molar-refractivity contribution in [1.29, 1.82) is 0 Å². The minimum atomic E-state index is -1.38. The number of aromatic nitrogens is 3. The maximum atomic E-state index is 13.2. The molecule has 0 spiro atoms. The van der Waals surface area contributed by atoms with Gasteiger partial charge in [0.25, 0.3) is 11.8 Å². The van der Waals surface area contributed by atoms with Crippen molar-refractivity contribution in [2.24, 2.45) is 17.4 Å². The summed E-state index contributed by atoms with van der Waals surface area (Å²) >= 11 is 0.